The summed E-state index contributed by atoms with van der Waals surface area (Å²) in [6.45, 7) is 8.89. The molecule has 4 heteroatoms. The molecule has 1 N–H and O–H groups in total. The summed E-state index contributed by atoms with van der Waals surface area (Å²) in [4.78, 5) is 25.6. The van der Waals surface area contributed by atoms with Gasteiger partial charge in [0.2, 0.25) is 5.91 Å². The minimum absolute atomic E-state index is 0.0431. The lowest BCUT2D eigenvalue weighted by Crippen LogP contribution is -2.42. The first-order chi connectivity index (χ1) is 9.71. The third-order valence-corrected chi connectivity index (χ3v) is 4.29. The summed E-state index contributed by atoms with van der Waals surface area (Å²) in [6.07, 6.45) is 5.99. The van der Waals surface area contributed by atoms with Crippen LogP contribution in [0.3, 0.4) is 0 Å². The third-order valence-electron chi connectivity index (χ3n) is 4.29. The molecule has 0 aromatic heterocycles. The first-order valence-electron chi connectivity index (χ1n) is 8.22. The van der Waals surface area contributed by atoms with Crippen LogP contribution in [0.4, 0.5) is 0 Å². The molecule has 1 saturated carbocycles. The molecular weight excluding hydrogens is 266 g/mol. The number of carbonyl (C=O) groups is 2. The summed E-state index contributed by atoms with van der Waals surface area (Å²) in [5.41, 5.74) is -0.475. The Labute approximate surface area is 128 Å². The van der Waals surface area contributed by atoms with E-state index in [4.69, 9.17) is 5.11 Å². The van der Waals surface area contributed by atoms with Gasteiger partial charge in [0.05, 0.1) is 6.42 Å². The standard InChI is InChI=1S/C17H31NO3/c1-13(2)9-10-18(14-7-5-6-8-14)15(19)11-17(3,4)12-16(20)21/h13-14H,5-12H2,1-4H3,(H,20,21). The van der Waals surface area contributed by atoms with Gasteiger partial charge in [-0.15, -0.1) is 0 Å². The Bertz CT molecular complexity index is 357. The molecule has 1 aliphatic rings. The fourth-order valence-electron chi connectivity index (χ4n) is 3.11. The maximum atomic E-state index is 12.7. The van der Waals surface area contributed by atoms with Crippen LogP contribution in [0.15, 0.2) is 0 Å². The molecule has 0 aliphatic heterocycles. The molecule has 0 radical (unpaired) electrons. The fourth-order valence-corrected chi connectivity index (χ4v) is 3.11. The molecular formula is C17H31NO3. The zero-order valence-corrected chi connectivity index (χ0v) is 14.0. The van der Waals surface area contributed by atoms with E-state index in [1.54, 1.807) is 0 Å². The highest BCUT2D eigenvalue weighted by atomic mass is 16.4. The molecule has 1 rings (SSSR count). The molecule has 0 bridgehead atoms. The Kier molecular flexibility index (Phi) is 6.69. The van der Waals surface area contributed by atoms with Gasteiger partial charge in [0, 0.05) is 19.0 Å². The van der Waals surface area contributed by atoms with Gasteiger partial charge in [-0.2, -0.15) is 0 Å². The van der Waals surface area contributed by atoms with Crippen LogP contribution in [0.25, 0.3) is 0 Å². The second kappa shape index (κ2) is 7.81. The van der Waals surface area contributed by atoms with Crippen LogP contribution in [-0.4, -0.2) is 34.5 Å². The summed E-state index contributed by atoms with van der Waals surface area (Å²) in [5, 5.41) is 8.96. The van der Waals surface area contributed by atoms with Crippen molar-refractivity contribution >= 4 is 11.9 Å². The van der Waals surface area contributed by atoms with Gasteiger partial charge < -0.3 is 10.0 Å². The SMILES string of the molecule is CC(C)CCN(C(=O)CC(C)(C)CC(=O)O)C1CCCC1. The summed E-state index contributed by atoms with van der Waals surface area (Å²) in [5.74, 6) is -0.120. The first kappa shape index (κ1) is 18.0. The number of carboxylic acid groups (broad SMARTS) is 1. The number of hydrogen-bond donors (Lipinski definition) is 1. The second-order valence-corrected chi connectivity index (χ2v) is 7.62. The van der Waals surface area contributed by atoms with Crippen molar-refractivity contribution in [3.8, 4) is 0 Å². The Balaban J connectivity index is 2.67. The van der Waals surface area contributed by atoms with E-state index in [2.05, 4.69) is 13.8 Å². The third kappa shape index (κ3) is 6.49. The smallest absolute Gasteiger partial charge is 0.303 e. The van der Waals surface area contributed by atoms with E-state index >= 15 is 0 Å². The number of carboxylic acids is 1. The minimum Gasteiger partial charge on any atom is -0.481 e. The van der Waals surface area contributed by atoms with Crippen LogP contribution in [-0.2, 0) is 9.59 Å². The Morgan fingerprint density at radius 1 is 1.19 bits per heavy atom. The number of aliphatic carboxylic acids is 1. The molecule has 1 amide bonds. The van der Waals surface area contributed by atoms with E-state index in [9.17, 15) is 9.59 Å². The van der Waals surface area contributed by atoms with Gasteiger partial charge in [-0.05, 0) is 30.6 Å². The lowest BCUT2D eigenvalue weighted by molar-refractivity contribution is -0.141. The lowest BCUT2D eigenvalue weighted by Gasteiger charge is -2.33. The molecule has 0 aromatic carbocycles. The number of amides is 1. The van der Waals surface area contributed by atoms with Gasteiger partial charge in [0.25, 0.3) is 0 Å². The molecule has 4 nitrogen and oxygen atoms in total. The average molecular weight is 297 g/mol. The van der Waals surface area contributed by atoms with E-state index in [-0.39, 0.29) is 12.3 Å². The molecule has 0 atom stereocenters. The van der Waals surface area contributed by atoms with E-state index in [0.717, 1.165) is 25.8 Å². The van der Waals surface area contributed by atoms with Gasteiger partial charge in [0.15, 0.2) is 0 Å². The number of rotatable bonds is 8. The zero-order chi connectivity index (χ0) is 16.0. The molecule has 1 fully saturated rings. The fraction of sp³-hybridized carbons (Fsp3) is 0.882. The van der Waals surface area contributed by atoms with Crippen molar-refractivity contribution in [2.24, 2.45) is 11.3 Å². The first-order valence-corrected chi connectivity index (χ1v) is 8.22. The van der Waals surface area contributed by atoms with Crippen molar-refractivity contribution in [2.75, 3.05) is 6.54 Å². The monoisotopic (exact) mass is 297 g/mol. The Hall–Kier alpha value is -1.06. The Morgan fingerprint density at radius 2 is 1.76 bits per heavy atom. The second-order valence-electron chi connectivity index (χ2n) is 7.62. The molecule has 0 unspecified atom stereocenters. The van der Waals surface area contributed by atoms with E-state index < -0.39 is 11.4 Å². The number of nitrogens with zero attached hydrogens (tertiary/aromatic N) is 1. The van der Waals surface area contributed by atoms with Crippen LogP contribution in [0.1, 0.15) is 72.6 Å². The van der Waals surface area contributed by atoms with Crippen molar-refractivity contribution < 1.29 is 14.7 Å². The number of hydrogen-bond acceptors (Lipinski definition) is 2. The predicted octanol–water partition coefficient (Wildman–Crippen LogP) is 3.69. The van der Waals surface area contributed by atoms with Crippen LogP contribution in [0.5, 0.6) is 0 Å². The molecule has 122 valence electrons. The summed E-state index contributed by atoms with van der Waals surface area (Å²) >= 11 is 0. The van der Waals surface area contributed by atoms with Gasteiger partial charge in [0.1, 0.15) is 0 Å². The topological polar surface area (TPSA) is 57.6 Å². The summed E-state index contributed by atoms with van der Waals surface area (Å²) < 4.78 is 0. The van der Waals surface area contributed by atoms with E-state index in [0.29, 0.717) is 18.4 Å². The highest BCUT2D eigenvalue weighted by molar-refractivity contribution is 5.78. The van der Waals surface area contributed by atoms with Crippen LogP contribution in [0, 0.1) is 11.3 Å². The molecule has 0 aromatic rings. The molecule has 0 heterocycles. The van der Waals surface area contributed by atoms with Crippen LogP contribution in [0.2, 0.25) is 0 Å². The van der Waals surface area contributed by atoms with Gasteiger partial charge >= 0.3 is 5.97 Å². The number of carbonyl (C=O) groups excluding carboxylic acids is 1. The van der Waals surface area contributed by atoms with Gasteiger partial charge in [-0.3, -0.25) is 9.59 Å². The summed E-state index contributed by atoms with van der Waals surface area (Å²) in [7, 11) is 0. The molecule has 21 heavy (non-hydrogen) atoms. The lowest BCUT2D eigenvalue weighted by atomic mass is 9.85. The average Bonchev–Trinajstić information content (AvgIpc) is 2.79. The Morgan fingerprint density at radius 3 is 2.24 bits per heavy atom. The van der Waals surface area contributed by atoms with Crippen LogP contribution < -0.4 is 0 Å². The van der Waals surface area contributed by atoms with E-state index in [1.165, 1.54) is 12.8 Å². The predicted molar refractivity (Wildman–Crippen MR) is 84.1 cm³/mol. The van der Waals surface area contributed by atoms with Gasteiger partial charge in [-0.1, -0.05) is 40.5 Å². The maximum absolute atomic E-state index is 12.7. The zero-order valence-electron chi connectivity index (χ0n) is 14.0. The summed E-state index contributed by atoms with van der Waals surface area (Å²) in [6, 6.07) is 0.372. The molecule has 0 spiro atoms. The largest absolute Gasteiger partial charge is 0.481 e. The van der Waals surface area contributed by atoms with Crippen LogP contribution >= 0.6 is 0 Å². The van der Waals surface area contributed by atoms with Crippen molar-refractivity contribution in [3.05, 3.63) is 0 Å². The molecule has 0 saturated heterocycles. The van der Waals surface area contributed by atoms with Gasteiger partial charge in [-0.25, -0.2) is 0 Å². The van der Waals surface area contributed by atoms with E-state index in [1.807, 2.05) is 18.7 Å². The van der Waals surface area contributed by atoms with Crippen molar-refractivity contribution in [1.82, 2.24) is 4.90 Å². The highest BCUT2D eigenvalue weighted by Crippen LogP contribution is 2.30. The van der Waals surface area contributed by atoms with Crippen molar-refractivity contribution in [3.63, 3.8) is 0 Å². The minimum atomic E-state index is -0.831. The normalized spacial score (nSPS) is 16.4. The van der Waals surface area contributed by atoms with Crippen molar-refractivity contribution in [2.45, 2.75) is 78.7 Å². The quantitative estimate of drug-likeness (QED) is 0.743. The highest BCUT2D eigenvalue weighted by Gasteiger charge is 2.31. The maximum Gasteiger partial charge on any atom is 0.303 e. The molecule has 1 aliphatic carbocycles. The van der Waals surface area contributed by atoms with Crippen molar-refractivity contribution in [1.29, 1.82) is 0 Å².